The summed E-state index contributed by atoms with van der Waals surface area (Å²) >= 11 is 1.81. The molecule has 1 aromatic rings. The number of carbonyl (C=O) groups is 1. The molecule has 3 N–H and O–H groups in total. The first kappa shape index (κ1) is 15.9. The Bertz CT molecular complexity index is 423. The van der Waals surface area contributed by atoms with E-state index in [2.05, 4.69) is 16.5 Å². The highest BCUT2D eigenvalue weighted by atomic mass is 32.2. The molecular weight excluding hydrogens is 258 g/mol. The van der Waals surface area contributed by atoms with Gasteiger partial charge in [-0.3, -0.25) is 4.79 Å². The first-order chi connectivity index (χ1) is 9.04. The lowest BCUT2D eigenvalue weighted by atomic mass is 10.1. The summed E-state index contributed by atoms with van der Waals surface area (Å²) in [6.45, 7) is 3.69. The number of nitrogen functional groups attached to an aromatic ring is 1. The van der Waals surface area contributed by atoms with Gasteiger partial charge in [-0.05, 0) is 37.9 Å². The Morgan fingerprint density at radius 2 is 2.16 bits per heavy atom. The second kappa shape index (κ2) is 8.07. The quantitative estimate of drug-likeness (QED) is 0.752. The summed E-state index contributed by atoms with van der Waals surface area (Å²) in [6, 6.07) is 5.56. The molecule has 0 saturated heterocycles. The number of nitrogens with zero attached hydrogens (tertiary/aromatic N) is 1. The second-order valence-corrected chi connectivity index (χ2v) is 5.60. The van der Waals surface area contributed by atoms with Gasteiger partial charge in [0.2, 0.25) is 5.91 Å². The molecule has 0 spiro atoms. The van der Waals surface area contributed by atoms with Crippen LogP contribution in [-0.2, 0) is 4.79 Å². The van der Waals surface area contributed by atoms with Crippen molar-refractivity contribution in [2.24, 2.45) is 0 Å². The average molecular weight is 281 g/mol. The summed E-state index contributed by atoms with van der Waals surface area (Å²) < 4.78 is 0. The Morgan fingerprint density at radius 1 is 1.42 bits per heavy atom. The maximum atomic E-state index is 11.9. The van der Waals surface area contributed by atoms with E-state index in [4.69, 9.17) is 5.73 Å². The summed E-state index contributed by atoms with van der Waals surface area (Å²) in [5.74, 6) is 1.12. The molecule has 4 nitrogen and oxygen atoms in total. The van der Waals surface area contributed by atoms with E-state index in [9.17, 15) is 4.79 Å². The first-order valence-corrected chi connectivity index (χ1v) is 7.76. The van der Waals surface area contributed by atoms with Gasteiger partial charge in [-0.2, -0.15) is 11.8 Å². The third kappa shape index (κ3) is 5.53. The van der Waals surface area contributed by atoms with Crippen molar-refractivity contribution in [2.75, 3.05) is 43.2 Å². The zero-order chi connectivity index (χ0) is 14.3. The number of rotatable bonds is 7. The smallest absolute Gasteiger partial charge is 0.225 e. The lowest BCUT2D eigenvalue weighted by Crippen LogP contribution is -2.26. The maximum Gasteiger partial charge on any atom is 0.225 e. The molecule has 0 saturated carbocycles. The molecule has 0 radical (unpaired) electrons. The molecule has 0 aromatic heterocycles. The minimum atomic E-state index is 0.0321. The van der Waals surface area contributed by atoms with Gasteiger partial charge in [-0.15, -0.1) is 0 Å². The largest absolute Gasteiger partial charge is 0.398 e. The third-order valence-corrected chi connectivity index (χ3v) is 3.64. The predicted molar refractivity (Wildman–Crippen MR) is 84.7 cm³/mol. The molecule has 0 atom stereocenters. The van der Waals surface area contributed by atoms with Crippen molar-refractivity contribution in [1.29, 1.82) is 0 Å². The normalized spacial score (nSPS) is 10.7. The summed E-state index contributed by atoms with van der Waals surface area (Å²) in [7, 11) is 2.04. The standard InChI is InChI=1S/C14H23N3OS/c1-11-12(15)5-4-6-13(11)16-14(18)7-8-17(2)9-10-19-3/h4-6H,7-10,15H2,1-3H3,(H,16,18). The fourth-order valence-corrected chi connectivity index (χ4v) is 2.15. The van der Waals surface area contributed by atoms with Gasteiger partial charge in [0, 0.05) is 36.6 Å². The minimum Gasteiger partial charge on any atom is -0.398 e. The number of nitrogens with two attached hydrogens (primary N) is 1. The van der Waals surface area contributed by atoms with E-state index in [1.165, 1.54) is 0 Å². The van der Waals surface area contributed by atoms with Crippen molar-refractivity contribution >= 4 is 29.0 Å². The van der Waals surface area contributed by atoms with Gasteiger partial charge < -0.3 is 16.0 Å². The van der Waals surface area contributed by atoms with Crippen LogP contribution < -0.4 is 11.1 Å². The molecule has 19 heavy (non-hydrogen) atoms. The maximum absolute atomic E-state index is 11.9. The molecule has 0 aliphatic rings. The Morgan fingerprint density at radius 3 is 2.84 bits per heavy atom. The molecule has 1 aromatic carbocycles. The summed E-state index contributed by atoms with van der Waals surface area (Å²) in [5, 5.41) is 2.91. The van der Waals surface area contributed by atoms with Crippen LogP contribution in [0.15, 0.2) is 18.2 Å². The topological polar surface area (TPSA) is 58.4 Å². The van der Waals surface area contributed by atoms with Crippen LogP contribution in [0.25, 0.3) is 0 Å². The number of hydrogen-bond donors (Lipinski definition) is 2. The van der Waals surface area contributed by atoms with Crippen molar-refractivity contribution < 1.29 is 4.79 Å². The van der Waals surface area contributed by atoms with Crippen LogP contribution in [0.3, 0.4) is 0 Å². The van der Waals surface area contributed by atoms with Gasteiger partial charge in [0.1, 0.15) is 0 Å². The van der Waals surface area contributed by atoms with Crippen LogP contribution in [0.4, 0.5) is 11.4 Å². The fraction of sp³-hybridized carbons (Fsp3) is 0.500. The molecule has 1 rings (SSSR count). The van der Waals surface area contributed by atoms with Crippen LogP contribution in [0.1, 0.15) is 12.0 Å². The summed E-state index contributed by atoms with van der Waals surface area (Å²) in [4.78, 5) is 14.0. The number of nitrogens with one attached hydrogen (secondary N) is 1. The molecular formula is C14H23N3OS. The van der Waals surface area contributed by atoms with Crippen molar-refractivity contribution in [2.45, 2.75) is 13.3 Å². The molecule has 0 heterocycles. The zero-order valence-electron chi connectivity index (χ0n) is 11.9. The monoisotopic (exact) mass is 281 g/mol. The number of carbonyl (C=O) groups excluding carboxylic acids is 1. The van der Waals surface area contributed by atoms with Crippen LogP contribution in [0, 0.1) is 6.92 Å². The highest BCUT2D eigenvalue weighted by molar-refractivity contribution is 7.98. The average Bonchev–Trinajstić information content (AvgIpc) is 2.39. The van der Waals surface area contributed by atoms with Crippen LogP contribution in [0.5, 0.6) is 0 Å². The van der Waals surface area contributed by atoms with E-state index in [0.29, 0.717) is 12.1 Å². The number of hydrogen-bond acceptors (Lipinski definition) is 4. The van der Waals surface area contributed by atoms with E-state index in [-0.39, 0.29) is 5.91 Å². The molecule has 0 fully saturated rings. The van der Waals surface area contributed by atoms with E-state index in [1.54, 1.807) is 0 Å². The number of thioether (sulfide) groups is 1. The molecule has 0 unspecified atom stereocenters. The van der Waals surface area contributed by atoms with Crippen LogP contribution in [-0.4, -0.2) is 43.0 Å². The van der Waals surface area contributed by atoms with Crippen LogP contribution >= 0.6 is 11.8 Å². The van der Waals surface area contributed by atoms with Crippen molar-refractivity contribution in [3.63, 3.8) is 0 Å². The number of anilines is 2. The molecule has 1 amide bonds. The molecule has 5 heteroatoms. The van der Waals surface area contributed by atoms with E-state index in [0.717, 1.165) is 30.1 Å². The Hall–Kier alpha value is -1.20. The van der Waals surface area contributed by atoms with Gasteiger partial charge in [0.25, 0.3) is 0 Å². The number of amides is 1. The molecule has 106 valence electrons. The Labute approximate surface area is 119 Å². The van der Waals surface area contributed by atoms with Gasteiger partial charge in [-0.25, -0.2) is 0 Å². The van der Waals surface area contributed by atoms with Crippen molar-refractivity contribution in [1.82, 2.24) is 4.90 Å². The molecule has 0 bridgehead atoms. The second-order valence-electron chi connectivity index (χ2n) is 4.61. The highest BCUT2D eigenvalue weighted by Crippen LogP contribution is 2.20. The van der Waals surface area contributed by atoms with Crippen molar-refractivity contribution in [3.05, 3.63) is 23.8 Å². The Kier molecular flexibility index (Phi) is 6.73. The third-order valence-electron chi connectivity index (χ3n) is 3.05. The highest BCUT2D eigenvalue weighted by Gasteiger charge is 2.07. The SMILES string of the molecule is CSCCN(C)CCC(=O)Nc1cccc(N)c1C. The van der Waals surface area contributed by atoms with Crippen LogP contribution in [0.2, 0.25) is 0 Å². The van der Waals surface area contributed by atoms with E-state index < -0.39 is 0 Å². The van der Waals surface area contributed by atoms with Gasteiger partial charge >= 0.3 is 0 Å². The predicted octanol–water partition coefficient (Wildman–Crippen LogP) is 2.20. The van der Waals surface area contributed by atoms with Gasteiger partial charge in [0.15, 0.2) is 0 Å². The van der Waals surface area contributed by atoms with Crippen molar-refractivity contribution in [3.8, 4) is 0 Å². The minimum absolute atomic E-state index is 0.0321. The molecule has 0 aliphatic carbocycles. The van der Waals surface area contributed by atoms with Gasteiger partial charge in [-0.1, -0.05) is 6.07 Å². The van der Waals surface area contributed by atoms with E-state index >= 15 is 0 Å². The lowest BCUT2D eigenvalue weighted by molar-refractivity contribution is -0.116. The summed E-state index contributed by atoms with van der Waals surface area (Å²) in [6.07, 6.45) is 2.59. The summed E-state index contributed by atoms with van der Waals surface area (Å²) in [5.41, 5.74) is 8.24. The van der Waals surface area contributed by atoms with Gasteiger partial charge in [0.05, 0.1) is 0 Å². The number of benzene rings is 1. The first-order valence-electron chi connectivity index (χ1n) is 6.37. The fourth-order valence-electron chi connectivity index (χ4n) is 1.65. The lowest BCUT2D eigenvalue weighted by Gasteiger charge is -2.16. The molecule has 0 aliphatic heterocycles. The Balaban J connectivity index is 2.41. The van der Waals surface area contributed by atoms with E-state index in [1.807, 2.05) is 43.9 Å². The zero-order valence-corrected chi connectivity index (χ0v) is 12.7.